The molecule has 6 heteroatoms. The first kappa shape index (κ1) is 13.1. The Morgan fingerprint density at radius 3 is 2.89 bits per heavy atom. The number of aliphatic carboxylic acids is 1. The molecule has 1 unspecified atom stereocenters. The van der Waals surface area contributed by atoms with Crippen molar-refractivity contribution in [2.75, 3.05) is 0 Å². The molecule has 1 aromatic carbocycles. The van der Waals surface area contributed by atoms with Crippen molar-refractivity contribution in [3.05, 3.63) is 34.9 Å². The number of fused-ring (bicyclic) bond motifs is 1. The fraction of sp³-hybridized carbons (Fsp3) is 0.308. The van der Waals surface area contributed by atoms with Crippen molar-refractivity contribution in [3.8, 4) is 0 Å². The minimum Gasteiger partial charge on any atom is -0.481 e. The van der Waals surface area contributed by atoms with Crippen LogP contribution in [0.2, 0.25) is 0 Å². The van der Waals surface area contributed by atoms with Gasteiger partial charge in [0.2, 0.25) is 0 Å². The summed E-state index contributed by atoms with van der Waals surface area (Å²) in [7, 11) is 0. The molecule has 1 aliphatic heterocycles. The topological polar surface area (TPSA) is 89.9 Å². The highest BCUT2D eigenvalue weighted by atomic mass is 16.5. The van der Waals surface area contributed by atoms with Crippen LogP contribution in [0.1, 0.15) is 39.6 Å². The molecular formula is C13H12O6. The van der Waals surface area contributed by atoms with Crippen molar-refractivity contribution >= 4 is 17.9 Å². The maximum absolute atomic E-state index is 11.8. The summed E-state index contributed by atoms with van der Waals surface area (Å²) in [5.41, 5.74) is 1.27. The minimum atomic E-state index is -1.04. The fourth-order valence-corrected chi connectivity index (χ4v) is 1.78. The molecule has 0 fully saturated rings. The van der Waals surface area contributed by atoms with Crippen LogP contribution in [0.25, 0.3) is 0 Å². The van der Waals surface area contributed by atoms with Gasteiger partial charge in [0, 0.05) is 5.56 Å². The molecule has 0 aromatic heterocycles. The van der Waals surface area contributed by atoms with Crippen LogP contribution in [0.3, 0.4) is 0 Å². The maximum atomic E-state index is 11.8. The number of carbonyl (C=O) groups excluding carboxylic acids is 2. The van der Waals surface area contributed by atoms with E-state index in [1.165, 1.54) is 19.1 Å². The number of carbonyl (C=O) groups is 3. The lowest BCUT2D eigenvalue weighted by molar-refractivity contribution is -0.138. The number of cyclic esters (lactones) is 1. The van der Waals surface area contributed by atoms with E-state index < -0.39 is 24.0 Å². The van der Waals surface area contributed by atoms with E-state index in [9.17, 15) is 14.4 Å². The van der Waals surface area contributed by atoms with Gasteiger partial charge >= 0.3 is 17.9 Å². The molecule has 0 radical (unpaired) electrons. The standard InChI is InChI=1S/C13H12O6/c1-7(4-11(14)15)19-12(16)8-2-3-9-6-18-13(17)10(9)5-8/h2-3,5,7H,4,6H2,1H3,(H,14,15). The van der Waals surface area contributed by atoms with Gasteiger partial charge in [-0.05, 0) is 19.1 Å². The minimum absolute atomic E-state index is 0.204. The van der Waals surface area contributed by atoms with Crippen LogP contribution in [-0.2, 0) is 20.9 Å². The van der Waals surface area contributed by atoms with Gasteiger partial charge in [-0.15, -0.1) is 0 Å². The SMILES string of the molecule is CC(CC(=O)O)OC(=O)c1ccc2c(c1)C(=O)OC2. The van der Waals surface area contributed by atoms with E-state index in [4.69, 9.17) is 14.6 Å². The van der Waals surface area contributed by atoms with E-state index in [1.807, 2.05) is 0 Å². The molecule has 0 spiro atoms. The first-order valence-corrected chi connectivity index (χ1v) is 5.70. The maximum Gasteiger partial charge on any atom is 0.338 e. The Kier molecular flexibility index (Phi) is 3.50. The molecule has 1 aromatic rings. The molecular weight excluding hydrogens is 252 g/mol. The number of benzene rings is 1. The zero-order valence-electron chi connectivity index (χ0n) is 10.2. The molecule has 100 valence electrons. The third-order valence-electron chi connectivity index (χ3n) is 2.69. The van der Waals surface area contributed by atoms with Crippen molar-refractivity contribution in [3.63, 3.8) is 0 Å². The second-order valence-corrected chi connectivity index (χ2v) is 4.26. The predicted octanol–water partition coefficient (Wildman–Crippen LogP) is 1.38. The van der Waals surface area contributed by atoms with Crippen LogP contribution < -0.4 is 0 Å². The number of rotatable bonds is 4. The summed E-state index contributed by atoms with van der Waals surface area (Å²) in [6.45, 7) is 1.70. The lowest BCUT2D eigenvalue weighted by Crippen LogP contribution is -2.18. The van der Waals surface area contributed by atoms with Crippen LogP contribution in [-0.4, -0.2) is 29.1 Å². The van der Waals surface area contributed by atoms with Crippen molar-refractivity contribution in [1.29, 1.82) is 0 Å². The van der Waals surface area contributed by atoms with Crippen LogP contribution in [0.5, 0.6) is 0 Å². The molecule has 1 N–H and O–H groups in total. The van der Waals surface area contributed by atoms with Gasteiger partial charge in [0.15, 0.2) is 0 Å². The first-order chi connectivity index (χ1) is 8.97. The van der Waals surface area contributed by atoms with Gasteiger partial charge < -0.3 is 14.6 Å². The fourth-order valence-electron chi connectivity index (χ4n) is 1.78. The lowest BCUT2D eigenvalue weighted by atomic mass is 10.1. The van der Waals surface area contributed by atoms with E-state index in [0.717, 1.165) is 5.56 Å². The smallest absolute Gasteiger partial charge is 0.338 e. The van der Waals surface area contributed by atoms with E-state index in [2.05, 4.69) is 0 Å². The van der Waals surface area contributed by atoms with E-state index in [-0.39, 0.29) is 18.6 Å². The average Bonchev–Trinajstić information content (AvgIpc) is 2.69. The van der Waals surface area contributed by atoms with Crippen molar-refractivity contribution < 1.29 is 29.0 Å². The normalized spacial score (nSPS) is 14.5. The molecule has 1 heterocycles. The number of hydrogen-bond donors (Lipinski definition) is 1. The highest BCUT2D eigenvalue weighted by Gasteiger charge is 2.23. The van der Waals surface area contributed by atoms with Gasteiger partial charge in [-0.25, -0.2) is 9.59 Å². The monoisotopic (exact) mass is 264 g/mol. The number of carboxylic acid groups (broad SMARTS) is 1. The summed E-state index contributed by atoms with van der Waals surface area (Å²) in [6.07, 6.45) is -0.996. The number of hydrogen-bond acceptors (Lipinski definition) is 5. The van der Waals surface area contributed by atoms with Crippen molar-refractivity contribution in [2.24, 2.45) is 0 Å². The number of ether oxygens (including phenoxy) is 2. The zero-order chi connectivity index (χ0) is 14.0. The molecule has 0 saturated heterocycles. The van der Waals surface area contributed by atoms with Gasteiger partial charge in [-0.1, -0.05) is 6.07 Å². The van der Waals surface area contributed by atoms with Crippen LogP contribution in [0, 0.1) is 0 Å². The van der Waals surface area contributed by atoms with Crippen LogP contribution >= 0.6 is 0 Å². The van der Waals surface area contributed by atoms with Gasteiger partial charge in [0.1, 0.15) is 12.7 Å². The molecule has 1 aliphatic rings. The van der Waals surface area contributed by atoms with Gasteiger partial charge in [0.25, 0.3) is 0 Å². The van der Waals surface area contributed by atoms with Crippen LogP contribution in [0.15, 0.2) is 18.2 Å². The quantitative estimate of drug-likeness (QED) is 0.826. The van der Waals surface area contributed by atoms with E-state index >= 15 is 0 Å². The molecule has 2 rings (SSSR count). The first-order valence-electron chi connectivity index (χ1n) is 5.70. The Hall–Kier alpha value is -2.37. The average molecular weight is 264 g/mol. The zero-order valence-corrected chi connectivity index (χ0v) is 10.2. The number of esters is 2. The van der Waals surface area contributed by atoms with E-state index in [1.54, 1.807) is 6.07 Å². The van der Waals surface area contributed by atoms with Gasteiger partial charge in [-0.3, -0.25) is 4.79 Å². The third kappa shape index (κ3) is 2.90. The second-order valence-electron chi connectivity index (χ2n) is 4.26. The van der Waals surface area contributed by atoms with Crippen molar-refractivity contribution in [2.45, 2.75) is 26.1 Å². The Labute approximate surface area is 108 Å². The largest absolute Gasteiger partial charge is 0.481 e. The van der Waals surface area contributed by atoms with Gasteiger partial charge in [0.05, 0.1) is 17.5 Å². The molecule has 0 bridgehead atoms. The summed E-state index contributed by atoms with van der Waals surface area (Å²) >= 11 is 0. The molecule has 1 atom stereocenters. The molecule has 0 aliphatic carbocycles. The summed E-state index contributed by atoms with van der Waals surface area (Å²) in [4.78, 5) is 33.6. The van der Waals surface area contributed by atoms with Crippen molar-refractivity contribution in [1.82, 2.24) is 0 Å². The lowest BCUT2D eigenvalue weighted by Gasteiger charge is -2.11. The Balaban J connectivity index is 2.10. The summed E-state index contributed by atoms with van der Waals surface area (Å²) in [5, 5.41) is 8.58. The highest BCUT2D eigenvalue weighted by molar-refractivity contribution is 5.97. The second kappa shape index (κ2) is 5.09. The Morgan fingerprint density at radius 2 is 2.21 bits per heavy atom. The summed E-state index contributed by atoms with van der Waals surface area (Å²) < 4.78 is 9.79. The predicted molar refractivity (Wildman–Crippen MR) is 62.7 cm³/mol. The molecule has 0 amide bonds. The summed E-state index contributed by atoms with van der Waals surface area (Å²) in [6, 6.07) is 4.55. The highest BCUT2D eigenvalue weighted by Crippen LogP contribution is 2.21. The molecule has 6 nitrogen and oxygen atoms in total. The molecule has 0 saturated carbocycles. The molecule has 19 heavy (non-hydrogen) atoms. The van der Waals surface area contributed by atoms with Crippen LogP contribution in [0.4, 0.5) is 0 Å². The van der Waals surface area contributed by atoms with Gasteiger partial charge in [-0.2, -0.15) is 0 Å². The Bertz CT molecular complexity index is 548. The Morgan fingerprint density at radius 1 is 1.47 bits per heavy atom. The number of carboxylic acids is 1. The van der Waals surface area contributed by atoms with E-state index in [0.29, 0.717) is 5.56 Å². The summed E-state index contributed by atoms with van der Waals surface area (Å²) in [5.74, 6) is -2.17. The third-order valence-corrected chi connectivity index (χ3v) is 2.69.